The van der Waals surface area contributed by atoms with Crippen molar-refractivity contribution in [2.75, 3.05) is 6.54 Å². The Hall–Kier alpha value is -0.670. The van der Waals surface area contributed by atoms with E-state index in [1.54, 1.807) is 0 Å². The maximum atomic E-state index is 4.31. The van der Waals surface area contributed by atoms with Crippen LogP contribution in [-0.4, -0.2) is 17.6 Å². The van der Waals surface area contributed by atoms with Gasteiger partial charge in [0.1, 0.15) is 4.60 Å². The Morgan fingerprint density at radius 2 is 2.24 bits per heavy atom. The lowest BCUT2D eigenvalue weighted by Crippen LogP contribution is -2.41. The molecule has 2 nitrogen and oxygen atoms in total. The van der Waals surface area contributed by atoms with Crippen LogP contribution in [0.25, 0.3) is 5.57 Å². The van der Waals surface area contributed by atoms with Crippen LogP contribution in [0.1, 0.15) is 31.2 Å². The van der Waals surface area contributed by atoms with Gasteiger partial charge in [-0.2, -0.15) is 0 Å². The topological polar surface area (TPSA) is 24.9 Å². The van der Waals surface area contributed by atoms with Gasteiger partial charge in [-0.05, 0) is 71.3 Å². The van der Waals surface area contributed by atoms with Crippen LogP contribution in [-0.2, 0) is 0 Å². The third kappa shape index (κ3) is 2.45. The summed E-state index contributed by atoms with van der Waals surface area (Å²) in [5, 5.41) is 3.63. The molecule has 90 valence electrons. The zero-order valence-corrected chi connectivity index (χ0v) is 11.4. The number of fused-ring (bicyclic) bond motifs is 1. The van der Waals surface area contributed by atoms with Gasteiger partial charge in [0.2, 0.25) is 0 Å². The highest BCUT2D eigenvalue weighted by Gasteiger charge is 2.27. The second-order valence-electron chi connectivity index (χ2n) is 4.98. The van der Waals surface area contributed by atoms with Crippen LogP contribution in [0, 0.1) is 5.92 Å². The molecule has 1 N–H and O–H groups in total. The summed E-state index contributed by atoms with van der Waals surface area (Å²) in [7, 11) is 0. The highest BCUT2D eigenvalue weighted by molar-refractivity contribution is 9.10. The first kappa shape index (κ1) is 11.4. The second-order valence-corrected chi connectivity index (χ2v) is 5.79. The van der Waals surface area contributed by atoms with Crippen LogP contribution < -0.4 is 5.32 Å². The monoisotopic (exact) mass is 292 g/mol. The molecule has 1 aliphatic carbocycles. The fourth-order valence-electron chi connectivity index (χ4n) is 2.95. The molecule has 2 atom stereocenters. The number of rotatable bonds is 1. The Labute approximate surface area is 111 Å². The van der Waals surface area contributed by atoms with Crippen molar-refractivity contribution >= 4 is 21.5 Å². The Bertz CT molecular complexity index is 424. The smallest absolute Gasteiger partial charge is 0.106 e. The third-order valence-corrected chi connectivity index (χ3v) is 4.37. The van der Waals surface area contributed by atoms with Crippen molar-refractivity contribution in [2.24, 2.45) is 5.92 Å². The van der Waals surface area contributed by atoms with Crippen molar-refractivity contribution in [2.45, 2.75) is 31.7 Å². The minimum atomic E-state index is 0.594. The molecule has 0 radical (unpaired) electrons. The van der Waals surface area contributed by atoms with E-state index in [0.717, 1.165) is 10.5 Å². The molecule has 2 aliphatic rings. The molecule has 1 aromatic heterocycles. The van der Waals surface area contributed by atoms with Crippen LogP contribution in [0.5, 0.6) is 0 Å². The number of allylic oxidation sites excluding steroid dienone is 1. The van der Waals surface area contributed by atoms with Crippen molar-refractivity contribution in [1.29, 1.82) is 0 Å². The summed E-state index contributed by atoms with van der Waals surface area (Å²) in [4.78, 5) is 4.31. The van der Waals surface area contributed by atoms with Gasteiger partial charge in [0.25, 0.3) is 0 Å². The van der Waals surface area contributed by atoms with Crippen molar-refractivity contribution in [3.63, 3.8) is 0 Å². The third-order valence-electron chi connectivity index (χ3n) is 3.90. The first-order valence-electron chi connectivity index (χ1n) is 6.39. The number of nitrogens with zero attached hydrogens (tertiary/aromatic N) is 1. The molecule has 1 aliphatic heterocycles. The van der Waals surface area contributed by atoms with Crippen LogP contribution in [0.15, 0.2) is 29.0 Å². The molecule has 1 saturated heterocycles. The Morgan fingerprint density at radius 3 is 3.06 bits per heavy atom. The standard InChI is InChI=1S/C14H17BrN2/c15-14-6-5-12(9-17-14)11-4-3-10-2-1-7-16-13(10)8-11/h5-6,8-10,13,16H,1-4,7H2. The van der Waals surface area contributed by atoms with E-state index in [-0.39, 0.29) is 0 Å². The Morgan fingerprint density at radius 1 is 1.29 bits per heavy atom. The first-order chi connectivity index (χ1) is 8.33. The van der Waals surface area contributed by atoms with E-state index in [4.69, 9.17) is 0 Å². The normalized spacial score (nSPS) is 28.4. The van der Waals surface area contributed by atoms with Gasteiger partial charge in [0, 0.05) is 12.2 Å². The van der Waals surface area contributed by atoms with E-state index in [2.05, 4.69) is 38.4 Å². The second kappa shape index (κ2) is 4.91. The molecule has 3 heteroatoms. The highest BCUT2D eigenvalue weighted by Crippen LogP contribution is 2.34. The molecule has 2 heterocycles. The van der Waals surface area contributed by atoms with Crippen LogP contribution in [0.3, 0.4) is 0 Å². The molecule has 1 aromatic rings. The van der Waals surface area contributed by atoms with Gasteiger partial charge < -0.3 is 5.32 Å². The number of pyridine rings is 1. The molecular formula is C14H17BrN2. The van der Waals surface area contributed by atoms with E-state index >= 15 is 0 Å². The lowest BCUT2D eigenvalue weighted by Gasteiger charge is -2.35. The molecule has 3 rings (SSSR count). The number of aromatic nitrogens is 1. The molecule has 2 unspecified atom stereocenters. The summed E-state index contributed by atoms with van der Waals surface area (Å²) in [6.07, 6.45) is 9.65. The Balaban J connectivity index is 1.84. The summed E-state index contributed by atoms with van der Waals surface area (Å²) >= 11 is 3.38. The van der Waals surface area contributed by atoms with Gasteiger partial charge in [-0.15, -0.1) is 0 Å². The average molecular weight is 293 g/mol. The van der Waals surface area contributed by atoms with E-state index in [0.29, 0.717) is 6.04 Å². The van der Waals surface area contributed by atoms with Gasteiger partial charge in [0.15, 0.2) is 0 Å². The fraction of sp³-hybridized carbons (Fsp3) is 0.500. The molecule has 17 heavy (non-hydrogen) atoms. The SMILES string of the molecule is Brc1ccc(C2=CC3NCCCC3CC2)cn1. The van der Waals surface area contributed by atoms with E-state index < -0.39 is 0 Å². The zero-order chi connectivity index (χ0) is 11.7. The predicted octanol–water partition coefficient (Wildman–Crippen LogP) is 3.39. The molecule has 0 aromatic carbocycles. The molecular weight excluding hydrogens is 276 g/mol. The number of nitrogens with one attached hydrogen (secondary N) is 1. The summed E-state index contributed by atoms with van der Waals surface area (Å²) in [6.45, 7) is 1.17. The van der Waals surface area contributed by atoms with E-state index in [9.17, 15) is 0 Å². The van der Waals surface area contributed by atoms with E-state index in [1.165, 1.54) is 43.4 Å². The van der Waals surface area contributed by atoms with E-state index in [1.807, 2.05) is 12.3 Å². The summed E-state index contributed by atoms with van der Waals surface area (Å²) in [5.74, 6) is 0.857. The van der Waals surface area contributed by atoms with Crippen molar-refractivity contribution < 1.29 is 0 Å². The summed E-state index contributed by atoms with van der Waals surface area (Å²) < 4.78 is 0.909. The Kier molecular flexibility index (Phi) is 3.30. The van der Waals surface area contributed by atoms with Gasteiger partial charge >= 0.3 is 0 Å². The number of hydrogen-bond donors (Lipinski definition) is 1. The summed E-state index contributed by atoms with van der Waals surface area (Å²) in [5.41, 5.74) is 2.74. The maximum absolute atomic E-state index is 4.31. The molecule has 0 amide bonds. The van der Waals surface area contributed by atoms with Crippen LogP contribution >= 0.6 is 15.9 Å². The largest absolute Gasteiger partial charge is 0.310 e. The fourth-order valence-corrected chi connectivity index (χ4v) is 3.18. The van der Waals surface area contributed by atoms with Gasteiger partial charge in [-0.1, -0.05) is 12.1 Å². The average Bonchev–Trinajstić information content (AvgIpc) is 2.39. The van der Waals surface area contributed by atoms with Crippen LogP contribution in [0.2, 0.25) is 0 Å². The first-order valence-corrected chi connectivity index (χ1v) is 7.18. The lowest BCUT2D eigenvalue weighted by atomic mass is 9.79. The molecule has 1 fully saturated rings. The minimum Gasteiger partial charge on any atom is -0.310 e. The molecule has 0 bridgehead atoms. The van der Waals surface area contributed by atoms with Gasteiger partial charge in [-0.3, -0.25) is 0 Å². The van der Waals surface area contributed by atoms with Gasteiger partial charge in [0.05, 0.1) is 0 Å². The summed E-state index contributed by atoms with van der Waals surface area (Å²) in [6, 6.07) is 4.78. The lowest BCUT2D eigenvalue weighted by molar-refractivity contribution is 0.298. The van der Waals surface area contributed by atoms with Crippen molar-refractivity contribution in [3.05, 3.63) is 34.6 Å². The van der Waals surface area contributed by atoms with Crippen LogP contribution in [0.4, 0.5) is 0 Å². The predicted molar refractivity (Wildman–Crippen MR) is 73.7 cm³/mol. The minimum absolute atomic E-state index is 0.594. The number of hydrogen-bond acceptors (Lipinski definition) is 2. The quantitative estimate of drug-likeness (QED) is 0.803. The zero-order valence-electron chi connectivity index (χ0n) is 9.82. The molecule has 0 spiro atoms. The van der Waals surface area contributed by atoms with Crippen molar-refractivity contribution in [1.82, 2.24) is 10.3 Å². The van der Waals surface area contributed by atoms with Crippen molar-refractivity contribution in [3.8, 4) is 0 Å². The highest BCUT2D eigenvalue weighted by atomic mass is 79.9. The number of piperidine rings is 1. The molecule has 0 saturated carbocycles. The number of halogens is 1. The van der Waals surface area contributed by atoms with Gasteiger partial charge in [-0.25, -0.2) is 4.98 Å². The maximum Gasteiger partial charge on any atom is 0.106 e.